The van der Waals surface area contributed by atoms with Gasteiger partial charge in [0.05, 0.1) is 0 Å². The molecule has 0 aliphatic heterocycles. The minimum Gasteiger partial charge on any atom is -0.285 e. The molecule has 0 amide bonds. The molecule has 0 aliphatic rings. The Hall–Kier alpha value is -1.66. The van der Waals surface area contributed by atoms with Crippen LogP contribution in [0.25, 0.3) is 0 Å². The molecule has 0 N–H and O–H groups in total. The average Bonchev–Trinajstić information content (AvgIpc) is 2.14. The first-order valence-electron chi connectivity index (χ1n) is 3.85. The van der Waals surface area contributed by atoms with E-state index in [0.717, 1.165) is 5.01 Å². The number of halogens is 4. The fourth-order valence-electron chi connectivity index (χ4n) is 0.782. The van der Waals surface area contributed by atoms with Gasteiger partial charge in [-0.2, -0.15) is 0 Å². The molecule has 82 valence electrons. The average molecular weight is 221 g/mol. The lowest BCUT2D eigenvalue weighted by Gasteiger charge is -2.03. The molecular weight excluding hydrogens is 214 g/mol. The van der Waals surface area contributed by atoms with Crippen molar-refractivity contribution in [3.63, 3.8) is 0 Å². The van der Waals surface area contributed by atoms with Gasteiger partial charge in [0.2, 0.25) is 0 Å². The zero-order chi connectivity index (χ0) is 11.6. The maximum Gasteiger partial charge on any atom is 0.196 e. The minimum absolute atomic E-state index is 0.211. The topological polar surface area (TPSA) is 28.0 Å². The quantitative estimate of drug-likeness (QED) is 0.248. The molecule has 0 aromatic heterocycles. The van der Waals surface area contributed by atoms with E-state index in [1.54, 1.807) is 0 Å². The summed E-state index contributed by atoms with van der Waals surface area (Å²) >= 11 is 0. The molecule has 7 heteroatoms. The highest BCUT2D eigenvalue weighted by Crippen LogP contribution is 2.26. The summed E-state index contributed by atoms with van der Waals surface area (Å²) in [5.74, 6) is -6.38. The van der Waals surface area contributed by atoms with E-state index in [2.05, 4.69) is 10.3 Å². The third kappa shape index (κ3) is 2.42. The van der Waals surface area contributed by atoms with Gasteiger partial charge in [-0.25, -0.2) is 17.6 Å². The minimum atomic E-state index is -1.77. The molecule has 0 bridgehead atoms. The first-order chi connectivity index (χ1) is 6.93. The van der Waals surface area contributed by atoms with Crippen molar-refractivity contribution in [3.8, 4) is 0 Å². The lowest BCUT2D eigenvalue weighted by molar-refractivity contribution is 0.400. The molecule has 1 aromatic rings. The van der Waals surface area contributed by atoms with Crippen LogP contribution in [-0.2, 0) is 0 Å². The van der Waals surface area contributed by atoms with Gasteiger partial charge in [0.25, 0.3) is 0 Å². The molecule has 1 rings (SSSR count). The lowest BCUT2D eigenvalue weighted by Crippen LogP contribution is -2.00. The molecule has 0 unspecified atom stereocenters. The third-order valence-electron chi connectivity index (χ3n) is 1.41. The van der Waals surface area contributed by atoms with Crippen LogP contribution in [-0.4, -0.2) is 19.1 Å². The predicted octanol–water partition coefficient (Wildman–Crippen LogP) is 2.80. The standard InChI is InChI=1S/C8H7F4N3/c1-15(2)14-13-8-5(10)3-4(9)6(11)7(8)12/h3H,1-2H3. The summed E-state index contributed by atoms with van der Waals surface area (Å²) in [4.78, 5) is 0. The lowest BCUT2D eigenvalue weighted by atomic mass is 10.3. The van der Waals surface area contributed by atoms with E-state index in [1.807, 2.05) is 0 Å². The monoisotopic (exact) mass is 221 g/mol. The van der Waals surface area contributed by atoms with E-state index in [-0.39, 0.29) is 6.07 Å². The van der Waals surface area contributed by atoms with Crippen molar-refractivity contribution >= 4 is 5.69 Å². The van der Waals surface area contributed by atoms with Gasteiger partial charge in [0.1, 0.15) is 0 Å². The van der Waals surface area contributed by atoms with E-state index < -0.39 is 29.0 Å². The molecule has 0 fully saturated rings. The van der Waals surface area contributed by atoms with Gasteiger partial charge in [0, 0.05) is 20.2 Å². The summed E-state index contributed by atoms with van der Waals surface area (Å²) in [5, 5.41) is 7.53. The van der Waals surface area contributed by atoms with Crippen molar-refractivity contribution in [2.45, 2.75) is 0 Å². The molecule has 0 saturated carbocycles. The Labute approximate surface area is 83.0 Å². The van der Waals surface area contributed by atoms with Crippen LogP contribution < -0.4 is 0 Å². The number of rotatable bonds is 2. The highest BCUT2D eigenvalue weighted by Gasteiger charge is 2.18. The summed E-state index contributed by atoms with van der Waals surface area (Å²) in [5.41, 5.74) is -0.956. The number of hydrogen-bond donors (Lipinski definition) is 0. The van der Waals surface area contributed by atoms with Crippen molar-refractivity contribution in [2.75, 3.05) is 14.1 Å². The fourth-order valence-corrected chi connectivity index (χ4v) is 0.782. The first kappa shape index (κ1) is 11.4. The zero-order valence-electron chi connectivity index (χ0n) is 7.93. The van der Waals surface area contributed by atoms with Gasteiger partial charge in [-0.1, -0.05) is 5.22 Å². The molecule has 0 spiro atoms. The highest BCUT2D eigenvalue weighted by molar-refractivity contribution is 5.40. The molecule has 0 radical (unpaired) electrons. The molecule has 0 heterocycles. The second-order valence-electron chi connectivity index (χ2n) is 2.85. The van der Waals surface area contributed by atoms with Crippen LogP contribution >= 0.6 is 0 Å². The summed E-state index contributed by atoms with van der Waals surface area (Å²) in [6.45, 7) is 0. The molecule has 0 aliphatic carbocycles. The van der Waals surface area contributed by atoms with Crippen molar-refractivity contribution in [3.05, 3.63) is 29.3 Å². The second kappa shape index (κ2) is 4.24. The van der Waals surface area contributed by atoms with Crippen LogP contribution in [0, 0.1) is 23.3 Å². The highest BCUT2D eigenvalue weighted by atomic mass is 19.2. The van der Waals surface area contributed by atoms with E-state index >= 15 is 0 Å². The Kier molecular flexibility index (Phi) is 3.23. The number of nitrogens with zero attached hydrogens (tertiary/aromatic N) is 3. The number of hydrogen-bond acceptors (Lipinski definition) is 2. The van der Waals surface area contributed by atoms with Crippen LogP contribution in [0.3, 0.4) is 0 Å². The SMILES string of the molecule is CN(C)N=Nc1c(F)cc(F)c(F)c1F. The van der Waals surface area contributed by atoms with Gasteiger partial charge < -0.3 is 0 Å². The van der Waals surface area contributed by atoms with E-state index in [9.17, 15) is 17.6 Å². The molecular formula is C8H7F4N3. The van der Waals surface area contributed by atoms with Crippen molar-refractivity contribution in [2.24, 2.45) is 10.3 Å². The van der Waals surface area contributed by atoms with Crippen LogP contribution in [0.5, 0.6) is 0 Å². The van der Waals surface area contributed by atoms with Crippen molar-refractivity contribution in [1.82, 2.24) is 5.01 Å². The van der Waals surface area contributed by atoms with Crippen molar-refractivity contribution in [1.29, 1.82) is 0 Å². The molecule has 15 heavy (non-hydrogen) atoms. The summed E-state index contributed by atoms with van der Waals surface area (Å²) in [6.07, 6.45) is 0. The first-order valence-corrected chi connectivity index (χ1v) is 3.85. The van der Waals surface area contributed by atoms with Gasteiger partial charge >= 0.3 is 0 Å². The van der Waals surface area contributed by atoms with E-state index in [0.29, 0.717) is 0 Å². The second-order valence-corrected chi connectivity index (χ2v) is 2.85. The Balaban J connectivity index is 3.24. The smallest absolute Gasteiger partial charge is 0.196 e. The maximum absolute atomic E-state index is 12.9. The van der Waals surface area contributed by atoms with Gasteiger partial charge in [-0.3, -0.25) is 5.01 Å². The van der Waals surface area contributed by atoms with Crippen LogP contribution in [0.4, 0.5) is 23.2 Å². The largest absolute Gasteiger partial charge is 0.285 e. The Bertz CT molecular complexity index is 403. The Morgan fingerprint density at radius 1 is 1.00 bits per heavy atom. The predicted molar refractivity (Wildman–Crippen MR) is 44.5 cm³/mol. The normalized spacial score (nSPS) is 11.1. The zero-order valence-corrected chi connectivity index (χ0v) is 7.93. The maximum atomic E-state index is 12.9. The third-order valence-corrected chi connectivity index (χ3v) is 1.41. The van der Waals surface area contributed by atoms with Gasteiger partial charge in [0.15, 0.2) is 29.0 Å². The van der Waals surface area contributed by atoms with Crippen LogP contribution in [0.15, 0.2) is 16.4 Å². The fraction of sp³-hybridized carbons (Fsp3) is 0.250. The summed E-state index contributed by atoms with van der Waals surface area (Å²) < 4.78 is 51.0. The van der Waals surface area contributed by atoms with E-state index in [4.69, 9.17) is 0 Å². The summed E-state index contributed by atoms with van der Waals surface area (Å²) in [7, 11) is 2.92. The van der Waals surface area contributed by atoms with Crippen molar-refractivity contribution < 1.29 is 17.6 Å². The Morgan fingerprint density at radius 3 is 2.13 bits per heavy atom. The van der Waals surface area contributed by atoms with Crippen LogP contribution in [0.1, 0.15) is 0 Å². The molecule has 1 aromatic carbocycles. The van der Waals surface area contributed by atoms with Crippen LogP contribution in [0.2, 0.25) is 0 Å². The Morgan fingerprint density at radius 2 is 1.60 bits per heavy atom. The summed E-state index contributed by atoms with van der Waals surface area (Å²) in [6, 6.07) is 0.211. The molecule has 3 nitrogen and oxygen atoms in total. The van der Waals surface area contributed by atoms with Gasteiger partial charge in [-0.15, -0.1) is 5.11 Å². The molecule has 0 saturated heterocycles. The van der Waals surface area contributed by atoms with E-state index in [1.165, 1.54) is 14.1 Å². The molecule has 0 atom stereocenters. The van der Waals surface area contributed by atoms with Gasteiger partial charge in [-0.05, 0) is 0 Å². The number of benzene rings is 1.